The normalized spacial score (nSPS) is 21.4. The summed E-state index contributed by atoms with van der Waals surface area (Å²) in [5.74, 6) is 0.762. The number of amides is 1. The van der Waals surface area contributed by atoms with E-state index in [0.29, 0.717) is 13.0 Å². The Hall–Kier alpha value is -1.55. The van der Waals surface area contributed by atoms with E-state index in [9.17, 15) is 4.79 Å². The fourth-order valence-corrected chi connectivity index (χ4v) is 3.24. The molecule has 2 aliphatic rings. The van der Waals surface area contributed by atoms with E-state index in [1.165, 1.54) is 17.5 Å². The van der Waals surface area contributed by atoms with Gasteiger partial charge in [0.05, 0.1) is 6.10 Å². The molecule has 1 fully saturated rings. The third kappa shape index (κ3) is 3.61. The van der Waals surface area contributed by atoms with Crippen LogP contribution in [0.5, 0.6) is 5.75 Å². The Morgan fingerprint density at radius 1 is 1.36 bits per heavy atom. The summed E-state index contributed by atoms with van der Waals surface area (Å²) in [7, 11) is 0. The van der Waals surface area contributed by atoms with Crippen LogP contribution < -0.4 is 10.1 Å². The molecule has 1 amide bonds. The third-order valence-electron chi connectivity index (χ3n) is 4.54. The van der Waals surface area contributed by atoms with Gasteiger partial charge in [-0.2, -0.15) is 0 Å². The molecule has 4 heteroatoms. The molecule has 1 aromatic rings. The van der Waals surface area contributed by atoms with Crippen LogP contribution in [0.3, 0.4) is 0 Å². The number of fused-ring (bicyclic) bond motifs is 1. The Kier molecular flexibility index (Phi) is 4.98. The molecule has 1 aliphatic heterocycles. The molecule has 0 saturated carbocycles. The van der Waals surface area contributed by atoms with Crippen molar-refractivity contribution in [3.05, 3.63) is 29.3 Å². The zero-order chi connectivity index (χ0) is 15.4. The van der Waals surface area contributed by atoms with E-state index in [1.807, 2.05) is 13.0 Å². The average molecular weight is 303 g/mol. The average Bonchev–Trinajstić information content (AvgIpc) is 3.20. The monoisotopic (exact) mass is 303 g/mol. The van der Waals surface area contributed by atoms with Gasteiger partial charge in [-0.25, -0.2) is 0 Å². The molecule has 0 bridgehead atoms. The van der Waals surface area contributed by atoms with Crippen LogP contribution in [0.1, 0.15) is 43.7 Å². The molecular weight excluding hydrogens is 278 g/mol. The lowest BCUT2D eigenvalue weighted by atomic mass is 10.1. The molecule has 120 valence electrons. The van der Waals surface area contributed by atoms with Crippen LogP contribution in [0.15, 0.2) is 18.2 Å². The molecule has 0 aromatic heterocycles. The first-order valence-corrected chi connectivity index (χ1v) is 8.44. The summed E-state index contributed by atoms with van der Waals surface area (Å²) in [5, 5.41) is 2.96. The minimum absolute atomic E-state index is 0.0431. The van der Waals surface area contributed by atoms with Crippen molar-refractivity contribution >= 4 is 5.91 Å². The minimum atomic E-state index is -0.430. The highest BCUT2D eigenvalue weighted by molar-refractivity contribution is 5.81. The zero-order valence-corrected chi connectivity index (χ0v) is 13.3. The summed E-state index contributed by atoms with van der Waals surface area (Å²) >= 11 is 0. The van der Waals surface area contributed by atoms with Crippen molar-refractivity contribution in [1.29, 1.82) is 0 Å². The number of aryl methyl sites for hydroxylation is 2. The molecule has 0 unspecified atom stereocenters. The van der Waals surface area contributed by atoms with E-state index < -0.39 is 6.10 Å². The Morgan fingerprint density at radius 3 is 3.00 bits per heavy atom. The maximum atomic E-state index is 12.3. The number of carbonyl (C=O) groups excluding carboxylic acids is 1. The van der Waals surface area contributed by atoms with Gasteiger partial charge in [-0.15, -0.1) is 0 Å². The quantitative estimate of drug-likeness (QED) is 0.879. The van der Waals surface area contributed by atoms with E-state index in [4.69, 9.17) is 9.47 Å². The number of benzene rings is 1. The van der Waals surface area contributed by atoms with Crippen molar-refractivity contribution in [3.63, 3.8) is 0 Å². The van der Waals surface area contributed by atoms with E-state index in [-0.39, 0.29) is 12.0 Å². The molecule has 1 aliphatic carbocycles. The SMILES string of the molecule is CC[C@@H](Oc1ccc2c(c1)CCC2)C(=O)NC[C@@H]1CCCO1. The number of hydrogen-bond donors (Lipinski definition) is 1. The topological polar surface area (TPSA) is 47.6 Å². The lowest BCUT2D eigenvalue weighted by Gasteiger charge is -2.19. The van der Waals surface area contributed by atoms with Gasteiger partial charge in [-0.05, 0) is 61.8 Å². The molecule has 1 aromatic carbocycles. The molecule has 22 heavy (non-hydrogen) atoms. The zero-order valence-electron chi connectivity index (χ0n) is 13.3. The fourth-order valence-electron chi connectivity index (χ4n) is 3.24. The molecule has 2 atom stereocenters. The first-order valence-electron chi connectivity index (χ1n) is 8.44. The molecule has 3 rings (SSSR count). The lowest BCUT2D eigenvalue weighted by molar-refractivity contribution is -0.128. The van der Waals surface area contributed by atoms with Crippen molar-refractivity contribution < 1.29 is 14.3 Å². The van der Waals surface area contributed by atoms with Crippen molar-refractivity contribution in [2.24, 2.45) is 0 Å². The first kappa shape index (κ1) is 15.3. The predicted molar refractivity (Wildman–Crippen MR) is 85.2 cm³/mol. The number of ether oxygens (including phenoxy) is 2. The Bertz CT molecular complexity index is 523. The largest absolute Gasteiger partial charge is 0.481 e. The summed E-state index contributed by atoms with van der Waals surface area (Å²) in [6.45, 7) is 3.37. The minimum Gasteiger partial charge on any atom is -0.481 e. The lowest BCUT2D eigenvalue weighted by Crippen LogP contribution is -2.41. The van der Waals surface area contributed by atoms with Gasteiger partial charge in [0.15, 0.2) is 6.10 Å². The van der Waals surface area contributed by atoms with Gasteiger partial charge in [-0.1, -0.05) is 13.0 Å². The Labute approximate surface area is 132 Å². The van der Waals surface area contributed by atoms with E-state index in [1.54, 1.807) is 0 Å². The summed E-state index contributed by atoms with van der Waals surface area (Å²) in [6, 6.07) is 6.22. The molecule has 1 heterocycles. The second kappa shape index (κ2) is 7.14. The molecule has 0 radical (unpaired) electrons. The van der Waals surface area contributed by atoms with Crippen molar-refractivity contribution in [2.75, 3.05) is 13.2 Å². The molecule has 4 nitrogen and oxygen atoms in total. The van der Waals surface area contributed by atoms with Crippen LogP contribution in [0.2, 0.25) is 0 Å². The highest BCUT2D eigenvalue weighted by atomic mass is 16.5. The summed E-state index contributed by atoms with van der Waals surface area (Å²) < 4.78 is 11.4. The highest BCUT2D eigenvalue weighted by Crippen LogP contribution is 2.26. The smallest absolute Gasteiger partial charge is 0.261 e. The molecule has 1 saturated heterocycles. The third-order valence-corrected chi connectivity index (χ3v) is 4.54. The van der Waals surface area contributed by atoms with Gasteiger partial charge in [0.2, 0.25) is 0 Å². The Balaban J connectivity index is 1.55. The van der Waals surface area contributed by atoms with Gasteiger partial charge in [0, 0.05) is 13.2 Å². The van der Waals surface area contributed by atoms with Crippen LogP contribution in [0.4, 0.5) is 0 Å². The van der Waals surface area contributed by atoms with Gasteiger partial charge < -0.3 is 14.8 Å². The van der Waals surface area contributed by atoms with Gasteiger partial charge >= 0.3 is 0 Å². The van der Waals surface area contributed by atoms with Crippen LogP contribution in [-0.2, 0) is 22.4 Å². The van der Waals surface area contributed by atoms with Crippen LogP contribution in [-0.4, -0.2) is 31.3 Å². The van der Waals surface area contributed by atoms with Crippen LogP contribution >= 0.6 is 0 Å². The van der Waals surface area contributed by atoms with Crippen molar-refractivity contribution in [3.8, 4) is 5.75 Å². The fraction of sp³-hybridized carbons (Fsp3) is 0.611. The maximum absolute atomic E-state index is 12.3. The molecular formula is C18H25NO3. The first-order chi connectivity index (χ1) is 10.8. The standard InChI is InChI=1S/C18H25NO3/c1-2-17(18(20)19-12-16-7-4-10-21-16)22-15-9-8-13-5-3-6-14(13)11-15/h8-9,11,16-17H,2-7,10,12H2,1H3,(H,19,20)/t16-,17+/m0/s1. The number of carbonyl (C=O) groups is 1. The van der Waals surface area contributed by atoms with E-state index >= 15 is 0 Å². The summed E-state index contributed by atoms with van der Waals surface area (Å²) in [5.41, 5.74) is 2.79. The second-order valence-electron chi connectivity index (χ2n) is 6.18. The molecule has 0 spiro atoms. The summed E-state index contributed by atoms with van der Waals surface area (Å²) in [4.78, 5) is 12.3. The highest BCUT2D eigenvalue weighted by Gasteiger charge is 2.22. The van der Waals surface area contributed by atoms with E-state index in [2.05, 4.69) is 17.4 Å². The number of rotatable bonds is 6. The summed E-state index contributed by atoms with van der Waals surface area (Å²) in [6.07, 6.45) is 6.02. The van der Waals surface area contributed by atoms with Crippen molar-refractivity contribution in [2.45, 2.75) is 57.7 Å². The molecule has 1 N–H and O–H groups in total. The van der Waals surface area contributed by atoms with Crippen LogP contribution in [0, 0.1) is 0 Å². The number of nitrogens with one attached hydrogen (secondary N) is 1. The van der Waals surface area contributed by atoms with Gasteiger partial charge in [0.25, 0.3) is 5.91 Å². The second-order valence-corrected chi connectivity index (χ2v) is 6.18. The Morgan fingerprint density at radius 2 is 2.23 bits per heavy atom. The number of hydrogen-bond acceptors (Lipinski definition) is 3. The van der Waals surface area contributed by atoms with Crippen molar-refractivity contribution in [1.82, 2.24) is 5.32 Å². The predicted octanol–water partition coefficient (Wildman–Crippen LogP) is 2.63. The maximum Gasteiger partial charge on any atom is 0.261 e. The van der Waals surface area contributed by atoms with E-state index in [0.717, 1.165) is 38.0 Å². The van der Waals surface area contributed by atoms with Gasteiger partial charge in [0.1, 0.15) is 5.75 Å². The van der Waals surface area contributed by atoms with Gasteiger partial charge in [-0.3, -0.25) is 4.79 Å². The van der Waals surface area contributed by atoms with Crippen LogP contribution in [0.25, 0.3) is 0 Å².